The minimum atomic E-state index is -0.336. The Morgan fingerprint density at radius 2 is 2.29 bits per heavy atom. The van der Waals surface area contributed by atoms with Gasteiger partial charge >= 0.3 is 0 Å². The van der Waals surface area contributed by atoms with Crippen molar-refractivity contribution in [3.8, 4) is 0 Å². The summed E-state index contributed by atoms with van der Waals surface area (Å²) in [6.45, 7) is 2.69. The van der Waals surface area contributed by atoms with Gasteiger partial charge in [-0.3, -0.25) is 4.79 Å². The standard InChI is InChI=1S/C11H10FNO/c1-2-13-6-8(7-14)11-9(12)4-3-5-10(11)13/h3-7H,2H2,1H3. The number of hydrogen-bond acceptors (Lipinski definition) is 1. The number of rotatable bonds is 2. The number of carbonyl (C=O) groups is 1. The van der Waals surface area contributed by atoms with Gasteiger partial charge in [-0.15, -0.1) is 0 Å². The maximum Gasteiger partial charge on any atom is 0.152 e. The normalized spacial score (nSPS) is 10.7. The first kappa shape index (κ1) is 8.94. The molecular formula is C11H10FNO. The number of hydrogen-bond donors (Lipinski definition) is 0. The molecular weight excluding hydrogens is 181 g/mol. The Bertz CT molecular complexity index is 487. The molecule has 2 aromatic rings. The van der Waals surface area contributed by atoms with Crippen molar-refractivity contribution in [2.45, 2.75) is 13.5 Å². The third-order valence-corrected chi connectivity index (χ3v) is 2.35. The van der Waals surface area contributed by atoms with Crippen LogP contribution in [0.3, 0.4) is 0 Å². The van der Waals surface area contributed by atoms with Crippen molar-refractivity contribution >= 4 is 17.2 Å². The van der Waals surface area contributed by atoms with Gasteiger partial charge < -0.3 is 4.57 Å². The largest absolute Gasteiger partial charge is 0.347 e. The smallest absolute Gasteiger partial charge is 0.152 e. The third kappa shape index (κ3) is 1.13. The molecule has 1 aromatic heterocycles. The third-order valence-electron chi connectivity index (χ3n) is 2.35. The van der Waals surface area contributed by atoms with E-state index in [1.54, 1.807) is 12.3 Å². The number of fused-ring (bicyclic) bond motifs is 1. The lowest BCUT2D eigenvalue weighted by atomic mass is 10.2. The molecule has 3 heteroatoms. The van der Waals surface area contributed by atoms with Gasteiger partial charge in [-0.1, -0.05) is 6.07 Å². The highest BCUT2D eigenvalue weighted by Gasteiger charge is 2.10. The molecule has 0 aliphatic carbocycles. The van der Waals surface area contributed by atoms with E-state index in [0.29, 0.717) is 17.2 Å². The highest BCUT2D eigenvalue weighted by Crippen LogP contribution is 2.22. The van der Waals surface area contributed by atoms with Crippen LogP contribution in [0, 0.1) is 5.82 Å². The van der Waals surface area contributed by atoms with Gasteiger partial charge in [0, 0.05) is 23.7 Å². The molecule has 14 heavy (non-hydrogen) atoms. The Morgan fingerprint density at radius 3 is 2.93 bits per heavy atom. The fraction of sp³-hybridized carbons (Fsp3) is 0.182. The van der Waals surface area contributed by atoms with Gasteiger partial charge in [0.25, 0.3) is 0 Å². The summed E-state index contributed by atoms with van der Waals surface area (Å²) in [7, 11) is 0. The molecule has 0 radical (unpaired) electrons. The van der Waals surface area contributed by atoms with Crippen LogP contribution in [0.15, 0.2) is 24.4 Å². The molecule has 0 atom stereocenters. The summed E-state index contributed by atoms with van der Waals surface area (Å²) >= 11 is 0. The SMILES string of the molecule is CCn1cc(C=O)c2c(F)cccc21. The molecule has 0 aliphatic heterocycles. The zero-order valence-corrected chi connectivity index (χ0v) is 7.83. The van der Waals surface area contributed by atoms with Crippen molar-refractivity contribution in [2.24, 2.45) is 0 Å². The van der Waals surface area contributed by atoms with Crippen molar-refractivity contribution in [1.82, 2.24) is 4.57 Å². The quantitative estimate of drug-likeness (QED) is 0.669. The molecule has 0 fully saturated rings. The molecule has 0 amide bonds. The summed E-state index contributed by atoms with van der Waals surface area (Å²) in [5.41, 5.74) is 1.19. The van der Waals surface area contributed by atoms with E-state index < -0.39 is 0 Å². The number of halogens is 1. The number of aromatic nitrogens is 1. The topological polar surface area (TPSA) is 22.0 Å². The van der Waals surface area contributed by atoms with E-state index in [1.165, 1.54) is 6.07 Å². The van der Waals surface area contributed by atoms with E-state index in [1.807, 2.05) is 17.6 Å². The van der Waals surface area contributed by atoms with Crippen molar-refractivity contribution < 1.29 is 9.18 Å². The maximum absolute atomic E-state index is 13.4. The van der Waals surface area contributed by atoms with Crippen molar-refractivity contribution in [1.29, 1.82) is 0 Å². The summed E-state index contributed by atoms with van der Waals surface area (Å²) < 4.78 is 15.3. The van der Waals surface area contributed by atoms with Gasteiger partial charge in [0.2, 0.25) is 0 Å². The molecule has 72 valence electrons. The lowest BCUT2D eigenvalue weighted by Gasteiger charge is -1.99. The molecule has 0 aliphatic rings. The highest BCUT2D eigenvalue weighted by molar-refractivity contribution is 5.97. The van der Waals surface area contributed by atoms with Crippen LogP contribution in [-0.4, -0.2) is 10.9 Å². The predicted molar refractivity (Wildman–Crippen MR) is 53.0 cm³/mol. The minimum Gasteiger partial charge on any atom is -0.347 e. The second-order valence-electron chi connectivity index (χ2n) is 3.12. The average Bonchev–Trinajstić information content (AvgIpc) is 2.57. The van der Waals surface area contributed by atoms with E-state index >= 15 is 0 Å². The van der Waals surface area contributed by atoms with Crippen LogP contribution < -0.4 is 0 Å². The van der Waals surface area contributed by atoms with E-state index in [-0.39, 0.29) is 5.82 Å². The molecule has 0 saturated carbocycles. The van der Waals surface area contributed by atoms with Gasteiger partial charge in [-0.05, 0) is 19.1 Å². The Labute approximate surface area is 81.0 Å². The van der Waals surface area contributed by atoms with Crippen molar-refractivity contribution in [3.05, 3.63) is 35.8 Å². The number of nitrogens with zero attached hydrogens (tertiary/aromatic N) is 1. The lowest BCUT2D eigenvalue weighted by molar-refractivity contribution is 0.112. The number of aldehydes is 1. The van der Waals surface area contributed by atoms with Crippen LogP contribution in [0.25, 0.3) is 10.9 Å². The van der Waals surface area contributed by atoms with E-state index in [0.717, 1.165) is 12.1 Å². The molecule has 0 unspecified atom stereocenters. The van der Waals surface area contributed by atoms with Gasteiger partial charge in [0.1, 0.15) is 5.82 Å². The summed E-state index contributed by atoms with van der Waals surface area (Å²) in [6.07, 6.45) is 2.37. The van der Waals surface area contributed by atoms with Crippen molar-refractivity contribution in [2.75, 3.05) is 0 Å². The first-order valence-corrected chi connectivity index (χ1v) is 4.50. The van der Waals surface area contributed by atoms with E-state index in [4.69, 9.17) is 0 Å². The molecule has 1 aromatic carbocycles. The summed E-state index contributed by atoms with van der Waals surface area (Å²) in [6, 6.07) is 4.84. The minimum absolute atomic E-state index is 0.336. The van der Waals surface area contributed by atoms with Crippen LogP contribution in [0.5, 0.6) is 0 Å². The second kappa shape index (κ2) is 3.25. The van der Waals surface area contributed by atoms with E-state index in [2.05, 4.69) is 0 Å². The number of benzene rings is 1. The molecule has 0 saturated heterocycles. The molecule has 1 heterocycles. The van der Waals surface area contributed by atoms with Crippen LogP contribution in [-0.2, 0) is 6.54 Å². The monoisotopic (exact) mass is 191 g/mol. The lowest BCUT2D eigenvalue weighted by Crippen LogP contribution is -1.90. The zero-order valence-electron chi connectivity index (χ0n) is 7.83. The summed E-state index contributed by atoms with van der Waals surface area (Å²) in [4.78, 5) is 10.7. The van der Waals surface area contributed by atoms with Gasteiger partial charge in [-0.2, -0.15) is 0 Å². The number of aryl methyl sites for hydroxylation is 1. The molecule has 2 rings (SSSR count). The van der Waals surface area contributed by atoms with E-state index in [9.17, 15) is 9.18 Å². The van der Waals surface area contributed by atoms with Crippen LogP contribution in [0.1, 0.15) is 17.3 Å². The Morgan fingerprint density at radius 1 is 1.50 bits per heavy atom. The Kier molecular flexibility index (Phi) is 2.08. The maximum atomic E-state index is 13.4. The van der Waals surface area contributed by atoms with Gasteiger partial charge in [0.15, 0.2) is 6.29 Å². The molecule has 2 nitrogen and oxygen atoms in total. The van der Waals surface area contributed by atoms with Gasteiger partial charge in [0.05, 0.1) is 5.52 Å². The zero-order chi connectivity index (χ0) is 10.1. The highest BCUT2D eigenvalue weighted by atomic mass is 19.1. The second-order valence-corrected chi connectivity index (χ2v) is 3.12. The molecule has 0 N–H and O–H groups in total. The van der Waals surface area contributed by atoms with Gasteiger partial charge in [-0.25, -0.2) is 4.39 Å². The predicted octanol–water partition coefficient (Wildman–Crippen LogP) is 2.61. The van der Waals surface area contributed by atoms with Crippen molar-refractivity contribution in [3.63, 3.8) is 0 Å². The molecule has 0 spiro atoms. The average molecular weight is 191 g/mol. The molecule has 0 bridgehead atoms. The Balaban J connectivity index is 2.89. The number of carbonyl (C=O) groups excluding carboxylic acids is 1. The van der Waals surface area contributed by atoms with Crippen LogP contribution >= 0.6 is 0 Å². The van der Waals surface area contributed by atoms with Crippen LogP contribution in [0.2, 0.25) is 0 Å². The summed E-state index contributed by atoms with van der Waals surface area (Å²) in [5.74, 6) is -0.336. The Hall–Kier alpha value is -1.64. The van der Waals surface area contributed by atoms with Crippen LogP contribution in [0.4, 0.5) is 4.39 Å². The fourth-order valence-electron chi connectivity index (χ4n) is 1.69. The fourth-order valence-corrected chi connectivity index (χ4v) is 1.69. The summed E-state index contributed by atoms with van der Waals surface area (Å²) in [5, 5.41) is 0.421. The first-order chi connectivity index (χ1) is 6.77. The first-order valence-electron chi connectivity index (χ1n) is 4.50.